The van der Waals surface area contributed by atoms with Gasteiger partial charge in [0.1, 0.15) is 11.5 Å². The molecule has 112 valence electrons. The van der Waals surface area contributed by atoms with Crippen molar-refractivity contribution in [2.45, 2.75) is 20.4 Å². The van der Waals surface area contributed by atoms with Gasteiger partial charge in [0.25, 0.3) is 0 Å². The van der Waals surface area contributed by atoms with Crippen molar-refractivity contribution in [3.63, 3.8) is 0 Å². The number of nitrogens with one attached hydrogen (secondary N) is 1. The van der Waals surface area contributed by atoms with Crippen molar-refractivity contribution in [3.8, 4) is 11.5 Å². The Morgan fingerprint density at radius 1 is 1.25 bits per heavy atom. The van der Waals surface area contributed by atoms with Gasteiger partial charge in [-0.05, 0) is 26.0 Å². The van der Waals surface area contributed by atoms with Crippen LogP contribution in [0, 0.1) is 0 Å². The lowest BCUT2D eigenvalue weighted by Crippen LogP contribution is -2.38. The van der Waals surface area contributed by atoms with Crippen LogP contribution in [0.15, 0.2) is 23.2 Å². The van der Waals surface area contributed by atoms with Crippen molar-refractivity contribution in [1.29, 1.82) is 0 Å². The predicted molar refractivity (Wildman–Crippen MR) is 82.7 cm³/mol. The molecule has 0 aliphatic carbocycles. The van der Waals surface area contributed by atoms with E-state index in [2.05, 4.69) is 22.1 Å². The molecule has 0 radical (unpaired) electrons. The average Bonchev–Trinajstić information content (AvgIpc) is 2.47. The van der Waals surface area contributed by atoms with E-state index in [9.17, 15) is 0 Å². The average molecular weight is 279 g/mol. The maximum atomic E-state index is 5.42. The molecule has 0 aliphatic heterocycles. The quantitative estimate of drug-likeness (QED) is 0.640. The molecule has 0 unspecified atom stereocenters. The summed E-state index contributed by atoms with van der Waals surface area (Å²) < 4.78 is 10.6. The van der Waals surface area contributed by atoms with E-state index in [0.29, 0.717) is 0 Å². The molecule has 0 atom stereocenters. The van der Waals surface area contributed by atoms with Gasteiger partial charge in [-0.2, -0.15) is 0 Å². The Morgan fingerprint density at radius 3 is 2.55 bits per heavy atom. The summed E-state index contributed by atoms with van der Waals surface area (Å²) in [5, 5.41) is 3.27. The number of methoxy groups -OCH3 is 2. The Kier molecular flexibility index (Phi) is 6.70. The summed E-state index contributed by atoms with van der Waals surface area (Å²) in [5.41, 5.74) is 1.09. The highest BCUT2D eigenvalue weighted by atomic mass is 16.5. The zero-order chi connectivity index (χ0) is 15.0. The van der Waals surface area contributed by atoms with E-state index in [1.807, 2.05) is 32.2 Å². The fourth-order valence-electron chi connectivity index (χ4n) is 1.93. The van der Waals surface area contributed by atoms with Crippen molar-refractivity contribution < 1.29 is 9.47 Å². The topological polar surface area (TPSA) is 46.1 Å². The lowest BCUT2D eigenvalue weighted by molar-refractivity contribution is 0.382. The molecule has 0 saturated heterocycles. The standard InChI is InChI=1S/C15H25N3O2/c1-6-16-15(17-7-2)18(3)11-12-8-9-13(19-4)10-14(12)20-5/h8-10H,6-7,11H2,1-5H3,(H,16,17). The van der Waals surface area contributed by atoms with Crippen LogP contribution in [0.2, 0.25) is 0 Å². The molecule has 0 amide bonds. The molecular weight excluding hydrogens is 254 g/mol. The van der Waals surface area contributed by atoms with Crippen LogP contribution in [-0.2, 0) is 6.54 Å². The zero-order valence-electron chi connectivity index (χ0n) is 13.1. The van der Waals surface area contributed by atoms with Crippen LogP contribution in [0.3, 0.4) is 0 Å². The second kappa shape index (κ2) is 8.30. The summed E-state index contributed by atoms with van der Waals surface area (Å²) >= 11 is 0. The molecule has 0 fully saturated rings. The van der Waals surface area contributed by atoms with Crippen LogP contribution < -0.4 is 14.8 Å². The molecule has 5 heteroatoms. The summed E-state index contributed by atoms with van der Waals surface area (Å²) in [6.07, 6.45) is 0. The number of guanidine groups is 1. The van der Waals surface area contributed by atoms with Gasteiger partial charge in [-0.3, -0.25) is 4.99 Å². The van der Waals surface area contributed by atoms with Crippen LogP contribution in [0.1, 0.15) is 19.4 Å². The van der Waals surface area contributed by atoms with Gasteiger partial charge < -0.3 is 19.7 Å². The summed E-state index contributed by atoms with van der Waals surface area (Å²) in [4.78, 5) is 6.55. The minimum atomic E-state index is 0.721. The number of ether oxygens (including phenoxy) is 2. The third-order valence-electron chi connectivity index (χ3n) is 2.91. The van der Waals surface area contributed by atoms with Gasteiger partial charge in [-0.25, -0.2) is 0 Å². The lowest BCUT2D eigenvalue weighted by atomic mass is 10.2. The first-order valence-electron chi connectivity index (χ1n) is 6.86. The molecule has 0 spiro atoms. The lowest BCUT2D eigenvalue weighted by Gasteiger charge is -2.23. The largest absolute Gasteiger partial charge is 0.497 e. The van der Waals surface area contributed by atoms with Gasteiger partial charge >= 0.3 is 0 Å². The Morgan fingerprint density at radius 2 is 2.00 bits per heavy atom. The van der Waals surface area contributed by atoms with E-state index < -0.39 is 0 Å². The first-order valence-corrected chi connectivity index (χ1v) is 6.86. The third kappa shape index (κ3) is 4.33. The molecule has 0 aromatic heterocycles. The van der Waals surface area contributed by atoms with E-state index in [1.165, 1.54) is 0 Å². The highest BCUT2D eigenvalue weighted by Crippen LogP contribution is 2.25. The predicted octanol–water partition coefficient (Wildman–Crippen LogP) is 2.12. The Labute approximate surface area is 121 Å². The molecule has 1 N–H and O–H groups in total. The first kappa shape index (κ1) is 16.1. The molecule has 1 rings (SSSR count). The summed E-state index contributed by atoms with van der Waals surface area (Å²) in [6, 6.07) is 5.85. The second-order valence-corrected chi connectivity index (χ2v) is 4.36. The van der Waals surface area contributed by atoms with Crippen LogP contribution in [0.5, 0.6) is 11.5 Å². The SMILES string of the molecule is CCN=C(NCC)N(C)Cc1ccc(OC)cc1OC. The Balaban J connectivity index is 2.88. The van der Waals surface area contributed by atoms with Crippen molar-refractivity contribution in [2.24, 2.45) is 4.99 Å². The van der Waals surface area contributed by atoms with Crippen molar-refractivity contribution in [3.05, 3.63) is 23.8 Å². The van der Waals surface area contributed by atoms with Gasteiger partial charge in [-0.1, -0.05) is 0 Å². The number of nitrogens with zero attached hydrogens (tertiary/aromatic N) is 2. The number of aliphatic imine (C=N–C) groups is 1. The fourth-order valence-corrected chi connectivity index (χ4v) is 1.93. The fraction of sp³-hybridized carbons (Fsp3) is 0.533. The number of hydrogen-bond donors (Lipinski definition) is 1. The van der Waals surface area contributed by atoms with Gasteiger partial charge in [-0.15, -0.1) is 0 Å². The molecule has 0 bridgehead atoms. The molecule has 20 heavy (non-hydrogen) atoms. The van der Waals surface area contributed by atoms with Crippen LogP contribution in [0.25, 0.3) is 0 Å². The highest BCUT2D eigenvalue weighted by Gasteiger charge is 2.10. The minimum Gasteiger partial charge on any atom is -0.497 e. The summed E-state index contributed by atoms with van der Waals surface area (Å²) in [5.74, 6) is 2.51. The Bertz CT molecular complexity index is 447. The molecule has 0 saturated carbocycles. The molecule has 1 aromatic rings. The van der Waals surface area contributed by atoms with Gasteiger partial charge in [0.05, 0.1) is 14.2 Å². The normalized spacial score (nSPS) is 11.2. The highest BCUT2D eigenvalue weighted by molar-refractivity contribution is 5.79. The smallest absolute Gasteiger partial charge is 0.193 e. The first-order chi connectivity index (χ1) is 9.65. The van der Waals surface area contributed by atoms with E-state index in [4.69, 9.17) is 9.47 Å². The van der Waals surface area contributed by atoms with Crippen LogP contribution in [-0.4, -0.2) is 45.2 Å². The van der Waals surface area contributed by atoms with E-state index >= 15 is 0 Å². The number of hydrogen-bond acceptors (Lipinski definition) is 3. The molecule has 1 aromatic carbocycles. The van der Waals surface area contributed by atoms with Crippen molar-refractivity contribution >= 4 is 5.96 Å². The van der Waals surface area contributed by atoms with E-state index in [-0.39, 0.29) is 0 Å². The second-order valence-electron chi connectivity index (χ2n) is 4.36. The van der Waals surface area contributed by atoms with Gasteiger partial charge in [0, 0.05) is 38.3 Å². The number of rotatable bonds is 6. The molecule has 5 nitrogen and oxygen atoms in total. The maximum absolute atomic E-state index is 5.42. The third-order valence-corrected chi connectivity index (χ3v) is 2.91. The summed E-state index contributed by atoms with van der Waals surface area (Å²) in [6.45, 7) is 6.42. The van der Waals surface area contributed by atoms with Gasteiger partial charge in [0.2, 0.25) is 0 Å². The molecule has 0 aliphatic rings. The monoisotopic (exact) mass is 279 g/mol. The van der Waals surface area contributed by atoms with E-state index in [1.54, 1.807) is 14.2 Å². The maximum Gasteiger partial charge on any atom is 0.193 e. The molecule has 0 heterocycles. The summed E-state index contributed by atoms with van der Waals surface area (Å²) in [7, 11) is 5.34. The number of benzene rings is 1. The van der Waals surface area contributed by atoms with Crippen molar-refractivity contribution in [1.82, 2.24) is 10.2 Å². The van der Waals surface area contributed by atoms with Gasteiger partial charge in [0.15, 0.2) is 5.96 Å². The van der Waals surface area contributed by atoms with Crippen molar-refractivity contribution in [2.75, 3.05) is 34.4 Å². The zero-order valence-corrected chi connectivity index (χ0v) is 13.1. The van der Waals surface area contributed by atoms with Crippen LogP contribution in [0.4, 0.5) is 0 Å². The van der Waals surface area contributed by atoms with E-state index in [0.717, 1.165) is 42.7 Å². The van der Waals surface area contributed by atoms with Crippen LogP contribution >= 0.6 is 0 Å². The molecular formula is C15H25N3O2. The minimum absolute atomic E-state index is 0.721. The Hall–Kier alpha value is -1.91.